The minimum absolute atomic E-state index is 0.198. The van der Waals surface area contributed by atoms with Crippen molar-refractivity contribution in [3.8, 4) is 11.5 Å². The molecule has 3 aromatic carbocycles. The zero-order valence-corrected chi connectivity index (χ0v) is 22.5. The molecule has 0 saturated heterocycles. The van der Waals surface area contributed by atoms with E-state index in [2.05, 4.69) is 11.9 Å². The van der Waals surface area contributed by atoms with Gasteiger partial charge in [0.2, 0.25) is 0 Å². The summed E-state index contributed by atoms with van der Waals surface area (Å²) in [5.41, 5.74) is 3.61. The molecule has 0 bridgehead atoms. The summed E-state index contributed by atoms with van der Waals surface area (Å²) in [4.78, 5) is 12.3. The van der Waals surface area contributed by atoms with Crippen LogP contribution >= 0.6 is 23.2 Å². The minimum atomic E-state index is -0.427. The quantitative estimate of drug-likeness (QED) is 0.314. The fraction of sp³-hybridized carbons (Fsp3) is 0.276. The van der Waals surface area contributed by atoms with Crippen molar-refractivity contribution in [2.24, 2.45) is 5.41 Å². The molecule has 0 aliphatic heterocycles. The van der Waals surface area contributed by atoms with Crippen LogP contribution in [0.2, 0.25) is 10.0 Å². The Hall–Kier alpha value is -2.95. The van der Waals surface area contributed by atoms with Gasteiger partial charge in [0, 0.05) is 16.8 Å². The number of halogens is 2. The fourth-order valence-electron chi connectivity index (χ4n) is 3.52. The van der Waals surface area contributed by atoms with Crippen molar-refractivity contribution >= 4 is 34.7 Å². The highest BCUT2D eigenvalue weighted by Gasteiger charge is 2.30. The van der Waals surface area contributed by atoms with Gasteiger partial charge in [-0.15, -0.1) is 0 Å². The summed E-state index contributed by atoms with van der Waals surface area (Å²) in [7, 11) is 3.30. The van der Waals surface area contributed by atoms with Crippen LogP contribution in [0.1, 0.15) is 31.9 Å². The average Bonchev–Trinajstić information content (AvgIpc) is 2.82. The third-order valence-corrected chi connectivity index (χ3v) is 6.37. The molecule has 186 valence electrons. The number of ether oxygens (including phenoxy) is 2. The predicted molar refractivity (Wildman–Crippen MR) is 147 cm³/mol. The van der Waals surface area contributed by atoms with Crippen molar-refractivity contribution in [2.75, 3.05) is 19.5 Å². The van der Waals surface area contributed by atoms with E-state index in [1.807, 2.05) is 68.4 Å². The maximum absolute atomic E-state index is 12.3. The molecule has 0 aliphatic rings. The Kier molecular flexibility index (Phi) is 10.7. The van der Waals surface area contributed by atoms with Crippen LogP contribution in [0.25, 0.3) is 0 Å². The van der Waals surface area contributed by atoms with Crippen LogP contribution in [-0.4, -0.2) is 20.0 Å². The monoisotopic (exact) mass is 513 g/mol. The number of allylic oxidation sites excluding steroid dienone is 1. The summed E-state index contributed by atoms with van der Waals surface area (Å²) in [6.45, 7) is 9.30. The third-order valence-electron chi connectivity index (χ3n) is 5.63. The van der Waals surface area contributed by atoms with E-state index in [1.54, 1.807) is 33.3 Å². The van der Waals surface area contributed by atoms with E-state index in [0.717, 1.165) is 34.0 Å². The lowest BCUT2D eigenvalue weighted by Gasteiger charge is -2.27. The highest BCUT2D eigenvalue weighted by molar-refractivity contribution is 6.42. The number of rotatable bonds is 9. The normalized spacial score (nSPS) is 10.6. The molecule has 0 spiro atoms. The molecule has 3 rings (SSSR count). The van der Waals surface area contributed by atoms with Gasteiger partial charge in [-0.05, 0) is 80.3 Å². The minimum Gasteiger partial charge on any atom is -0.497 e. The van der Waals surface area contributed by atoms with E-state index in [4.69, 9.17) is 32.7 Å². The maximum Gasteiger partial charge on any atom is 0.136 e. The van der Waals surface area contributed by atoms with Crippen molar-refractivity contribution in [1.29, 1.82) is 0 Å². The number of nitrogens with one attached hydrogen (secondary N) is 1. The molecule has 35 heavy (non-hydrogen) atoms. The van der Waals surface area contributed by atoms with Gasteiger partial charge in [-0.25, -0.2) is 0 Å². The Morgan fingerprint density at radius 2 is 1.29 bits per heavy atom. The SMILES string of the molecule is C=C(C)Nc1ccc(Cl)c(Cl)c1.COc1ccc(CC(C)(Cc2ccc(OC)cc2)C(C)=O)cc1. The first kappa shape index (κ1) is 28.3. The molecule has 3 aromatic rings. The molecule has 0 aliphatic carbocycles. The summed E-state index contributed by atoms with van der Waals surface area (Å²) in [6, 6.07) is 21.2. The Morgan fingerprint density at radius 3 is 1.63 bits per heavy atom. The molecule has 0 saturated carbocycles. The number of hydrogen-bond acceptors (Lipinski definition) is 4. The topological polar surface area (TPSA) is 47.6 Å². The number of Topliss-reactive ketones (excluding diaryl/α,β-unsaturated/α-hetero) is 1. The number of carbonyl (C=O) groups excluding carboxylic acids is 1. The van der Waals surface area contributed by atoms with Crippen LogP contribution in [0.5, 0.6) is 11.5 Å². The summed E-state index contributed by atoms with van der Waals surface area (Å²) in [5, 5.41) is 4.14. The molecular weight excluding hydrogens is 481 g/mol. The lowest BCUT2D eigenvalue weighted by Crippen LogP contribution is -2.30. The van der Waals surface area contributed by atoms with Gasteiger partial charge in [0.1, 0.15) is 17.3 Å². The second-order valence-electron chi connectivity index (χ2n) is 8.70. The molecule has 0 fully saturated rings. The molecule has 0 heterocycles. The number of ketones is 1. The van der Waals surface area contributed by atoms with Gasteiger partial charge in [-0.1, -0.05) is 61.0 Å². The van der Waals surface area contributed by atoms with Crippen LogP contribution in [0, 0.1) is 5.41 Å². The summed E-state index contributed by atoms with van der Waals surface area (Å²) in [6.07, 6.45) is 1.41. The van der Waals surface area contributed by atoms with Gasteiger partial charge in [-0.2, -0.15) is 0 Å². The van der Waals surface area contributed by atoms with Gasteiger partial charge in [0.15, 0.2) is 0 Å². The van der Waals surface area contributed by atoms with Crippen molar-refractivity contribution in [3.05, 3.63) is 100 Å². The molecule has 0 amide bonds. The summed E-state index contributed by atoms with van der Waals surface area (Å²) in [5.74, 6) is 1.85. The standard InChI is InChI=1S/C20H24O3.C9H9Cl2N/c1-15(21)20(2,13-16-5-9-18(22-3)10-6-16)14-17-7-11-19(23-4)12-8-17;1-6(2)12-7-3-4-8(10)9(11)5-7/h5-12H,13-14H2,1-4H3;3-5,12H,1H2,2H3. The predicted octanol–water partition coefficient (Wildman–Crippen LogP) is 8.02. The first-order chi connectivity index (χ1) is 16.6. The molecule has 0 unspecified atom stereocenters. The second-order valence-corrected chi connectivity index (χ2v) is 9.52. The summed E-state index contributed by atoms with van der Waals surface area (Å²) < 4.78 is 10.4. The Labute approximate surface area is 218 Å². The number of carbonyl (C=O) groups is 1. The van der Waals surface area contributed by atoms with E-state index in [9.17, 15) is 4.79 Å². The number of methoxy groups -OCH3 is 2. The lowest BCUT2D eigenvalue weighted by molar-refractivity contribution is -0.125. The van der Waals surface area contributed by atoms with Crippen LogP contribution in [0.4, 0.5) is 5.69 Å². The van der Waals surface area contributed by atoms with Crippen LogP contribution in [-0.2, 0) is 17.6 Å². The number of benzene rings is 3. The van der Waals surface area contributed by atoms with Gasteiger partial charge >= 0.3 is 0 Å². The molecule has 1 N–H and O–H groups in total. The number of anilines is 1. The van der Waals surface area contributed by atoms with Crippen LogP contribution in [0.15, 0.2) is 79.0 Å². The van der Waals surface area contributed by atoms with E-state index in [1.165, 1.54) is 0 Å². The number of hydrogen-bond donors (Lipinski definition) is 1. The van der Waals surface area contributed by atoms with E-state index < -0.39 is 5.41 Å². The van der Waals surface area contributed by atoms with Crippen molar-refractivity contribution in [2.45, 2.75) is 33.6 Å². The van der Waals surface area contributed by atoms with Crippen molar-refractivity contribution in [1.82, 2.24) is 0 Å². The van der Waals surface area contributed by atoms with Gasteiger partial charge < -0.3 is 14.8 Å². The van der Waals surface area contributed by atoms with Crippen LogP contribution in [0.3, 0.4) is 0 Å². The second kappa shape index (κ2) is 13.2. The van der Waals surface area contributed by atoms with Gasteiger partial charge in [-0.3, -0.25) is 4.79 Å². The zero-order valence-electron chi connectivity index (χ0n) is 21.0. The van der Waals surface area contributed by atoms with Crippen LogP contribution < -0.4 is 14.8 Å². The first-order valence-electron chi connectivity index (χ1n) is 11.2. The largest absolute Gasteiger partial charge is 0.497 e. The maximum atomic E-state index is 12.3. The lowest BCUT2D eigenvalue weighted by atomic mass is 9.75. The molecule has 6 heteroatoms. The highest BCUT2D eigenvalue weighted by atomic mass is 35.5. The summed E-state index contributed by atoms with van der Waals surface area (Å²) >= 11 is 11.5. The molecule has 0 aromatic heterocycles. The smallest absolute Gasteiger partial charge is 0.136 e. The van der Waals surface area contributed by atoms with E-state index in [-0.39, 0.29) is 5.78 Å². The first-order valence-corrected chi connectivity index (χ1v) is 12.0. The molecule has 0 atom stereocenters. The molecular formula is C29H33Cl2NO3. The third kappa shape index (κ3) is 8.97. The average molecular weight is 514 g/mol. The zero-order chi connectivity index (χ0) is 26.0. The van der Waals surface area contributed by atoms with E-state index in [0.29, 0.717) is 22.9 Å². The Balaban J connectivity index is 0.000000303. The van der Waals surface area contributed by atoms with Gasteiger partial charge in [0.05, 0.1) is 24.3 Å². The van der Waals surface area contributed by atoms with Crippen molar-refractivity contribution < 1.29 is 14.3 Å². The molecule has 0 radical (unpaired) electrons. The highest BCUT2D eigenvalue weighted by Crippen LogP contribution is 2.30. The van der Waals surface area contributed by atoms with E-state index >= 15 is 0 Å². The fourth-order valence-corrected chi connectivity index (χ4v) is 3.82. The van der Waals surface area contributed by atoms with Gasteiger partial charge in [0.25, 0.3) is 0 Å². The molecule has 4 nitrogen and oxygen atoms in total. The Morgan fingerprint density at radius 1 is 0.829 bits per heavy atom. The van der Waals surface area contributed by atoms with Crippen molar-refractivity contribution in [3.63, 3.8) is 0 Å². The Bertz CT molecular complexity index is 1080.